The monoisotopic (exact) mass is 246 g/mol. The third-order valence-electron chi connectivity index (χ3n) is 1.80. The lowest BCUT2D eigenvalue weighted by Gasteiger charge is -2.16. The summed E-state index contributed by atoms with van der Waals surface area (Å²) in [7, 11) is 0. The predicted octanol–water partition coefficient (Wildman–Crippen LogP) is 1.81. The Balaban J connectivity index is 2.29. The van der Waals surface area contributed by atoms with Crippen molar-refractivity contribution >= 4 is 35.0 Å². The van der Waals surface area contributed by atoms with Crippen LogP contribution in [0.15, 0.2) is 19.6 Å². The zero-order valence-electron chi connectivity index (χ0n) is 5.37. The summed E-state index contributed by atoms with van der Waals surface area (Å²) in [6, 6.07) is 0. The van der Waals surface area contributed by atoms with Crippen LogP contribution in [0, 0.1) is 5.92 Å². The average Bonchev–Trinajstić information content (AvgIpc) is 2.36. The summed E-state index contributed by atoms with van der Waals surface area (Å²) in [6.07, 6.45) is 7.17. The average molecular weight is 246 g/mol. The molecule has 0 saturated carbocycles. The van der Waals surface area contributed by atoms with Crippen molar-refractivity contribution < 1.29 is 0 Å². The van der Waals surface area contributed by atoms with E-state index in [1.165, 1.54) is 3.58 Å². The van der Waals surface area contributed by atoms with Crippen molar-refractivity contribution in [2.75, 3.05) is 0 Å². The van der Waals surface area contributed by atoms with Gasteiger partial charge in [-0.25, -0.2) is 0 Å². The zero-order chi connectivity index (χ0) is 6.97. The van der Waals surface area contributed by atoms with E-state index in [1.54, 1.807) is 0 Å². The Morgan fingerprint density at radius 3 is 3.20 bits per heavy atom. The van der Waals surface area contributed by atoms with Gasteiger partial charge in [-0.2, -0.15) is 0 Å². The molecule has 2 atom stereocenters. The number of rotatable bonds is 0. The van der Waals surface area contributed by atoms with E-state index < -0.39 is 0 Å². The van der Waals surface area contributed by atoms with Crippen molar-refractivity contribution in [2.45, 2.75) is 12.6 Å². The van der Waals surface area contributed by atoms with Gasteiger partial charge in [0.05, 0.1) is 0 Å². The fraction of sp³-hybridized carbons (Fsp3) is 0.429. The van der Waals surface area contributed by atoms with E-state index in [0.29, 0.717) is 5.92 Å². The molecule has 3 heteroatoms. The molecule has 2 aliphatic rings. The maximum absolute atomic E-state index is 4.24. The van der Waals surface area contributed by atoms with Crippen LogP contribution in [0.3, 0.4) is 0 Å². The third-order valence-corrected chi connectivity index (χ3v) is 2.96. The van der Waals surface area contributed by atoms with Crippen molar-refractivity contribution in [2.24, 2.45) is 15.9 Å². The second-order valence-corrected chi connectivity index (χ2v) is 3.68. The van der Waals surface area contributed by atoms with E-state index >= 15 is 0 Å². The summed E-state index contributed by atoms with van der Waals surface area (Å²) in [6.45, 7) is 0. The van der Waals surface area contributed by atoms with Crippen molar-refractivity contribution in [3.63, 3.8) is 0 Å². The largest absolute Gasteiger partial charge is 0.270 e. The third kappa shape index (κ3) is 0.923. The Morgan fingerprint density at radius 1 is 1.50 bits per heavy atom. The molecule has 0 aromatic rings. The molecule has 10 heavy (non-hydrogen) atoms. The first-order valence-corrected chi connectivity index (χ1v) is 4.36. The molecule has 0 amide bonds. The molecule has 0 aromatic heterocycles. The summed E-state index contributed by atoms with van der Waals surface area (Å²) >= 11 is 2.36. The minimum Gasteiger partial charge on any atom is -0.270 e. The first-order chi connectivity index (χ1) is 4.88. The fourth-order valence-electron chi connectivity index (χ4n) is 1.23. The second kappa shape index (κ2) is 2.45. The molecule has 0 N–H and O–H groups in total. The quantitative estimate of drug-likeness (QED) is 0.582. The molecule has 0 aromatic carbocycles. The minimum absolute atomic E-state index is 0.205. The maximum atomic E-state index is 4.24. The van der Waals surface area contributed by atoms with Gasteiger partial charge in [-0.15, -0.1) is 0 Å². The minimum atomic E-state index is 0.205. The summed E-state index contributed by atoms with van der Waals surface area (Å²) in [4.78, 5) is 8.48. The molecule has 2 heterocycles. The van der Waals surface area contributed by atoms with Gasteiger partial charge in [0.15, 0.2) is 0 Å². The van der Waals surface area contributed by atoms with Gasteiger partial charge >= 0.3 is 0 Å². The Bertz CT molecular complexity index is 230. The molecule has 2 aliphatic heterocycles. The Labute approximate surface area is 73.3 Å². The van der Waals surface area contributed by atoms with Crippen LogP contribution in [0.1, 0.15) is 6.42 Å². The van der Waals surface area contributed by atoms with Crippen molar-refractivity contribution in [3.05, 3.63) is 9.66 Å². The van der Waals surface area contributed by atoms with Gasteiger partial charge in [-0.3, -0.25) is 9.98 Å². The topological polar surface area (TPSA) is 24.7 Å². The van der Waals surface area contributed by atoms with E-state index in [0.717, 1.165) is 6.42 Å². The van der Waals surface area contributed by atoms with Crippen molar-refractivity contribution in [3.8, 4) is 0 Å². The maximum Gasteiger partial charge on any atom is 0.146 e. The number of allylic oxidation sites excluding steroid dienone is 1. The summed E-state index contributed by atoms with van der Waals surface area (Å²) in [5.41, 5.74) is 0. The number of aliphatic imine (C=N–C) groups is 2. The highest BCUT2D eigenvalue weighted by atomic mass is 127. The zero-order valence-corrected chi connectivity index (χ0v) is 7.52. The van der Waals surface area contributed by atoms with Crippen LogP contribution in [0.4, 0.5) is 0 Å². The number of nitrogens with zero attached hydrogens (tertiary/aromatic N) is 2. The lowest BCUT2D eigenvalue weighted by atomic mass is 10.0. The Morgan fingerprint density at radius 2 is 2.40 bits per heavy atom. The van der Waals surface area contributed by atoms with Gasteiger partial charge in [0.2, 0.25) is 0 Å². The van der Waals surface area contributed by atoms with E-state index in [-0.39, 0.29) is 6.17 Å². The van der Waals surface area contributed by atoms with Crippen molar-refractivity contribution in [1.29, 1.82) is 0 Å². The van der Waals surface area contributed by atoms with Gasteiger partial charge in [-0.05, 0) is 38.7 Å². The molecular formula is C7H7IN2. The molecule has 2 nitrogen and oxygen atoms in total. The second-order valence-electron chi connectivity index (χ2n) is 2.44. The normalized spacial score (nSPS) is 35.9. The van der Waals surface area contributed by atoms with Crippen LogP contribution in [-0.2, 0) is 0 Å². The van der Waals surface area contributed by atoms with Gasteiger partial charge < -0.3 is 0 Å². The molecule has 52 valence electrons. The Hall–Kier alpha value is -0.190. The first kappa shape index (κ1) is 6.52. The van der Waals surface area contributed by atoms with Crippen LogP contribution in [-0.4, -0.2) is 18.6 Å². The summed E-state index contributed by atoms with van der Waals surface area (Å²) < 4.78 is 1.38. The number of dihydropyridines is 1. The standard InChI is InChI=1S/C7H7IN2/c8-6-2-4-10-7-5(6)1-3-9-7/h2-5,7H,1H2. The molecular weight excluding hydrogens is 239 g/mol. The molecule has 0 radical (unpaired) electrons. The molecule has 0 spiro atoms. The highest BCUT2D eigenvalue weighted by Crippen LogP contribution is 2.32. The van der Waals surface area contributed by atoms with Crippen LogP contribution in [0.2, 0.25) is 0 Å². The fourth-order valence-corrected chi connectivity index (χ4v) is 1.97. The lowest BCUT2D eigenvalue weighted by molar-refractivity contribution is 0.569. The SMILES string of the molecule is IC1=CC=NC2N=CCC12. The molecule has 0 bridgehead atoms. The molecule has 2 unspecified atom stereocenters. The number of hydrogen-bond acceptors (Lipinski definition) is 2. The van der Waals surface area contributed by atoms with Crippen molar-refractivity contribution in [1.82, 2.24) is 0 Å². The molecule has 0 aliphatic carbocycles. The van der Waals surface area contributed by atoms with Crippen LogP contribution >= 0.6 is 22.6 Å². The number of fused-ring (bicyclic) bond motifs is 1. The van der Waals surface area contributed by atoms with Gasteiger partial charge in [0.25, 0.3) is 0 Å². The van der Waals surface area contributed by atoms with Crippen LogP contribution < -0.4 is 0 Å². The number of halogens is 1. The molecule has 2 rings (SSSR count). The first-order valence-electron chi connectivity index (χ1n) is 3.28. The van der Waals surface area contributed by atoms with E-state index in [1.807, 2.05) is 12.4 Å². The highest BCUT2D eigenvalue weighted by Gasteiger charge is 2.26. The molecule has 0 fully saturated rings. The summed E-state index contributed by atoms with van der Waals surface area (Å²) in [5, 5.41) is 0. The van der Waals surface area contributed by atoms with Gasteiger partial charge in [0, 0.05) is 18.3 Å². The van der Waals surface area contributed by atoms with Gasteiger partial charge in [0.1, 0.15) is 6.17 Å². The van der Waals surface area contributed by atoms with Crippen LogP contribution in [0.25, 0.3) is 0 Å². The molecule has 0 saturated heterocycles. The lowest BCUT2D eigenvalue weighted by Crippen LogP contribution is -2.14. The van der Waals surface area contributed by atoms with Gasteiger partial charge in [-0.1, -0.05) is 0 Å². The van der Waals surface area contributed by atoms with E-state index in [9.17, 15) is 0 Å². The summed E-state index contributed by atoms with van der Waals surface area (Å²) in [5.74, 6) is 0.561. The smallest absolute Gasteiger partial charge is 0.146 e. The predicted molar refractivity (Wildman–Crippen MR) is 51.0 cm³/mol. The Kier molecular flexibility index (Phi) is 1.60. The highest BCUT2D eigenvalue weighted by molar-refractivity contribution is 14.1. The van der Waals surface area contributed by atoms with E-state index in [2.05, 4.69) is 38.7 Å². The van der Waals surface area contributed by atoms with E-state index in [4.69, 9.17) is 0 Å². The number of hydrogen-bond donors (Lipinski definition) is 0. The van der Waals surface area contributed by atoms with Crippen LogP contribution in [0.5, 0.6) is 0 Å².